The molecule has 5 nitrogen and oxygen atoms in total. The Kier molecular flexibility index (Phi) is 4.67. The van der Waals surface area contributed by atoms with E-state index in [2.05, 4.69) is 9.97 Å². The van der Waals surface area contributed by atoms with Crippen LogP contribution >= 0.6 is 0 Å². The molecule has 0 saturated heterocycles. The van der Waals surface area contributed by atoms with Gasteiger partial charge in [-0.15, -0.1) is 0 Å². The van der Waals surface area contributed by atoms with Crippen molar-refractivity contribution in [3.8, 4) is 0 Å². The summed E-state index contributed by atoms with van der Waals surface area (Å²) in [4.78, 5) is 21.2. The monoisotopic (exact) mass is 325 g/mol. The Hall–Kier alpha value is -2.99. The highest BCUT2D eigenvalue weighted by Gasteiger charge is 2.16. The number of hydrogen-bond acceptors (Lipinski definition) is 3. The van der Waals surface area contributed by atoms with Crippen molar-refractivity contribution in [1.29, 1.82) is 0 Å². The Balaban J connectivity index is 1.84. The van der Waals surface area contributed by atoms with Crippen LogP contribution in [0.1, 0.15) is 5.56 Å². The van der Waals surface area contributed by atoms with Crippen molar-refractivity contribution in [2.45, 2.75) is 0 Å². The minimum atomic E-state index is -0.331. The van der Waals surface area contributed by atoms with Gasteiger partial charge in [-0.3, -0.25) is 9.69 Å². The van der Waals surface area contributed by atoms with Crippen LogP contribution < -0.4 is 4.90 Å². The molecule has 0 fully saturated rings. The molecule has 0 radical (unpaired) electrons. The van der Waals surface area contributed by atoms with Gasteiger partial charge in [0.2, 0.25) is 5.95 Å². The van der Waals surface area contributed by atoms with Crippen LogP contribution in [0.25, 0.3) is 17.1 Å². The number of halogens is 1. The second-order valence-electron chi connectivity index (χ2n) is 5.18. The van der Waals surface area contributed by atoms with Crippen LogP contribution in [0.4, 0.5) is 10.3 Å². The molecule has 0 aliphatic heterocycles. The smallest absolute Gasteiger partial charge is 0.253 e. The highest BCUT2D eigenvalue weighted by atomic mass is 19.1. The Morgan fingerprint density at radius 3 is 2.67 bits per heavy atom. The van der Waals surface area contributed by atoms with E-state index >= 15 is 0 Å². The molecule has 0 bridgehead atoms. The van der Waals surface area contributed by atoms with Crippen LogP contribution in [-0.2, 0) is 4.79 Å². The van der Waals surface area contributed by atoms with Gasteiger partial charge in [0, 0.05) is 6.08 Å². The van der Waals surface area contributed by atoms with Crippen LogP contribution in [0.3, 0.4) is 0 Å². The Bertz CT molecular complexity index is 838. The van der Waals surface area contributed by atoms with Crippen LogP contribution in [-0.4, -0.2) is 34.1 Å². The number of aliphatic hydroxyl groups excluding tert-OH is 1. The Morgan fingerprint density at radius 1 is 1.21 bits per heavy atom. The number of nitrogens with zero attached hydrogens (tertiary/aromatic N) is 2. The molecule has 0 aliphatic carbocycles. The molecule has 0 aliphatic rings. The van der Waals surface area contributed by atoms with E-state index < -0.39 is 0 Å². The molecular weight excluding hydrogens is 309 g/mol. The Morgan fingerprint density at radius 2 is 1.96 bits per heavy atom. The predicted molar refractivity (Wildman–Crippen MR) is 91.0 cm³/mol. The Labute approximate surface area is 138 Å². The van der Waals surface area contributed by atoms with Crippen LogP contribution in [0.15, 0.2) is 54.6 Å². The number of nitrogens with one attached hydrogen (secondary N) is 1. The fourth-order valence-corrected chi connectivity index (χ4v) is 2.32. The normalized spacial score (nSPS) is 11.2. The summed E-state index contributed by atoms with van der Waals surface area (Å²) in [5.41, 5.74) is 2.26. The molecule has 1 amide bonds. The van der Waals surface area contributed by atoms with Gasteiger partial charge in [0.25, 0.3) is 5.91 Å². The summed E-state index contributed by atoms with van der Waals surface area (Å²) in [5, 5.41) is 9.24. The number of H-pyrrole nitrogens is 1. The molecule has 0 spiro atoms. The number of carbonyl (C=O) groups excluding carboxylic acids is 1. The van der Waals surface area contributed by atoms with E-state index in [1.165, 1.54) is 23.1 Å². The summed E-state index contributed by atoms with van der Waals surface area (Å²) < 4.78 is 12.9. The second-order valence-corrected chi connectivity index (χ2v) is 5.18. The van der Waals surface area contributed by atoms with Crippen molar-refractivity contribution in [3.05, 3.63) is 66.0 Å². The summed E-state index contributed by atoms with van der Waals surface area (Å²) in [6, 6.07) is 13.3. The highest BCUT2D eigenvalue weighted by Crippen LogP contribution is 2.17. The topological polar surface area (TPSA) is 69.2 Å². The van der Waals surface area contributed by atoms with Crippen LogP contribution in [0.2, 0.25) is 0 Å². The third kappa shape index (κ3) is 3.49. The molecule has 3 aromatic rings. The zero-order chi connectivity index (χ0) is 16.9. The number of aromatic amines is 1. The van der Waals surface area contributed by atoms with Gasteiger partial charge >= 0.3 is 0 Å². The minimum absolute atomic E-state index is 0.117. The maximum absolute atomic E-state index is 12.9. The number of anilines is 1. The maximum atomic E-state index is 12.9. The van der Waals surface area contributed by atoms with E-state index in [4.69, 9.17) is 0 Å². The zero-order valence-electron chi connectivity index (χ0n) is 12.8. The summed E-state index contributed by atoms with van der Waals surface area (Å²) in [5.74, 6) is -0.283. The van der Waals surface area contributed by atoms with Gasteiger partial charge in [-0.25, -0.2) is 9.37 Å². The van der Waals surface area contributed by atoms with E-state index in [0.29, 0.717) is 11.5 Å². The summed E-state index contributed by atoms with van der Waals surface area (Å²) in [7, 11) is 0. The second kappa shape index (κ2) is 7.06. The fourth-order valence-electron chi connectivity index (χ4n) is 2.32. The van der Waals surface area contributed by atoms with E-state index in [0.717, 1.165) is 11.0 Å². The van der Waals surface area contributed by atoms with Crippen LogP contribution in [0.5, 0.6) is 0 Å². The number of fused-ring (bicyclic) bond motifs is 1. The van der Waals surface area contributed by atoms with Gasteiger partial charge < -0.3 is 10.1 Å². The van der Waals surface area contributed by atoms with E-state index in [1.54, 1.807) is 18.2 Å². The molecule has 2 aromatic carbocycles. The molecule has 3 rings (SSSR count). The number of para-hydroxylation sites is 2. The van der Waals surface area contributed by atoms with Gasteiger partial charge in [0.1, 0.15) is 5.82 Å². The summed E-state index contributed by atoms with van der Waals surface area (Å²) >= 11 is 0. The number of imidazole rings is 1. The molecule has 24 heavy (non-hydrogen) atoms. The first-order chi connectivity index (χ1) is 11.7. The lowest BCUT2D eigenvalue weighted by Crippen LogP contribution is -2.33. The van der Waals surface area contributed by atoms with Gasteiger partial charge in [-0.1, -0.05) is 24.3 Å². The number of amides is 1. The molecule has 1 heterocycles. The first-order valence-electron chi connectivity index (χ1n) is 7.48. The SMILES string of the molecule is O=C(/C=C/c1ccc(F)cc1)N(CCO)c1nc2ccccc2[nH]1. The lowest BCUT2D eigenvalue weighted by molar-refractivity contribution is -0.114. The lowest BCUT2D eigenvalue weighted by atomic mass is 10.2. The highest BCUT2D eigenvalue weighted by molar-refractivity contribution is 6.03. The maximum Gasteiger partial charge on any atom is 0.253 e. The third-order valence-electron chi connectivity index (χ3n) is 3.51. The first-order valence-corrected chi connectivity index (χ1v) is 7.48. The van der Waals surface area contributed by atoms with Crippen molar-refractivity contribution in [2.24, 2.45) is 0 Å². The van der Waals surface area contributed by atoms with E-state index in [9.17, 15) is 14.3 Å². The van der Waals surface area contributed by atoms with Crippen molar-refractivity contribution in [2.75, 3.05) is 18.1 Å². The molecule has 6 heteroatoms. The third-order valence-corrected chi connectivity index (χ3v) is 3.51. The number of carbonyl (C=O) groups is 1. The number of benzene rings is 2. The lowest BCUT2D eigenvalue weighted by Gasteiger charge is -2.16. The standard InChI is InChI=1S/C18H16FN3O2/c19-14-8-5-13(6-9-14)7-10-17(24)22(11-12-23)18-20-15-3-1-2-4-16(15)21-18/h1-10,23H,11-12H2,(H,20,21)/b10-7+. The van der Waals surface area contributed by atoms with Crippen molar-refractivity contribution in [1.82, 2.24) is 9.97 Å². The van der Waals surface area contributed by atoms with Crippen molar-refractivity contribution < 1.29 is 14.3 Å². The molecule has 0 unspecified atom stereocenters. The number of hydrogen-bond donors (Lipinski definition) is 2. The molecule has 0 saturated carbocycles. The number of aromatic nitrogens is 2. The minimum Gasteiger partial charge on any atom is -0.395 e. The number of aliphatic hydroxyl groups is 1. The molecule has 0 atom stereocenters. The fraction of sp³-hybridized carbons (Fsp3) is 0.111. The average molecular weight is 325 g/mol. The first kappa shape index (κ1) is 15.9. The zero-order valence-corrected chi connectivity index (χ0v) is 12.8. The van der Waals surface area contributed by atoms with Gasteiger partial charge in [-0.05, 0) is 35.9 Å². The number of rotatable bonds is 5. The van der Waals surface area contributed by atoms with Gasteiger partial charge in [-0.2, -0.15) is 0 Å². The van der Waals surface area contributed by atoms with E-state index in [-0.39, 0.29) is 24.9 Å². The van der Waals surface area contributed by atoms with Crippen molar-refractivity contribution in [3.63, 3.8) is 0 Å². The largest absolute Gasteiger partial charge is 0.395 e. The molecule has 1 aromatic heterocycles. The van der Waals surface area contributed by atoms with Crippen LogP contribution in [0, 0.1) is 5.82 Å². The predicted octanol–water partition coefficient (Wildman–Crippen LogP) is 2.74. The quantitative estimate of drug-likeness (QED) is 0.709. The van der Waals surface area contributed by atoms with E-state index in [1.807, 2.05) is 24.3 Å². The van der Waals surface area contributed by atoms with Gasteiger partial charge in [0.05, 0.1) is 24.2 Å². The van der Waals surface area contributed by atoms with Crippen molar-refractivity contribution >= 4 is 29.0 Å². The average Bonchev–Trinajstić information content (AvgIpc) is 3.02. The molecular formula is C18H16FN3O2. The molecule has 122 valence electrons. The summed E-state index contributed by atoms with van der Waals surface area (Å²) in [6.07, 6.45) is 2.96. The summed E-state index contributed by atoms with van der Waals surface area (Å²) in [6.45, 7) is -0.0699. The van der Waals surface area contributed by atoms with Gasteiger partial charge in [0.15, 0.2) is 0 Å². The molecule has 2 N–H and O–H groups in total.